The van der Waals surface area contributed by atoms with Crippen molar-refractivity contribution in [2.24, 2.45) is 0 Å². The fraction of sp³-hybridized carbons (Fsp3) is 0.316. The normalized spacial score (nSPS) is 13.9. The van der Waals surface area contributed by atoms with Crippen LogP contribution in [-0.4, -0.2) is 70.6 Å². The summed E-state index contributed by atoms with van der Waals surface area (Å²) in [6.07, 6.45) is 1.69. The molecule has 1 aromatic heterocycles. The molecular formula is C19H22N2O7. The van der Waals surface area contributed by atoms with E-state index in [0.29, 0.717) is 0 Å². The van der Waals surface area contributed by atoms with Gasteiger partial charge in [0.2, 0.25) is 0 Å². The Kier molecular flexibility index (Phi) is 8.04. The third kappa shape index (κ3) is 7.12. The maximum atomic E-state index is 12.2. The van der Waals surface area contributed by atoms with Gasteiger partial charge in [-0.3, -0.25) is 9.69 Å². The highest BCUT2D eigenvalue weighted by Crippen LogP contribution is 2.11. The molecule has 1 fully saturated rings. The van der Waals surface area contributed by atoms with Crippen molar-refractivity contribution in [1.29, 1.82) is 0 Å². The third-order valence-corrected chi connectivity index (χ3v) is 3.97. The molecule has 0 unspecified atom stereocenters. The molecule has 0 radical (unpaired) electrons. The van der Waals surface area contributed by atoms with Gasteiger partial charge >= 0.3 is 11.9 Å². The molecule has 0 saturated carbocycles. The van der Waals surface area contributed by atoms with Crippen LogP contribution in [0, 0.1) is 0 Å². The van der Waals surface area contributed by atoms with Crippen LogP contribution in [0.1, 0.15) is 5.76 Å². The van der Waals surface area contributed by atoms with E-state index in [1.807, 2.05) is 47.4 Å². The lowest BCUT2D eigenvalue weighted by atomic mass is 10.3. The van der Waals surface area contributed by atoms with Gasteiger partial charge in [-0.25, -0.2) is 9.59 Å². The van der Waals surface area contributed by atoms with E-state index in [1.54, 1.807) is 6.26 Å². The largest absolute Gasteiger partial charge is 0.484 e. The van der Waals surface area contributed by atoms with Crippen LogP contribution >= 0.6 is 0 Å². The monoisotopic (exact) mass is 390 g/mol. The Bertz CT molecular complexity index is 742. The lowest BCUT2D eigenvalue weighted by molar-refractivity contribution is -0.159. The van der Waals surface area contributed by atoms with Gasteiger partial charge in [-0.2, -0.15) is 0 Å². The summed E-state index contributed by atoms with van der Waals surface area (Å²) in [5.41, 5.74) is 0. The second-order valence-electron chi connectivity index (χ2n) is 5.95. The second kappa shape index (κ2) is 10.7. The van der Waals surface area contributed by atoms with Crippen LogP contribution < -0.4 is 4.74 Å². The zero-order chi connectivity index (χ0) is 20.4. The van der Waals surface area contributed by atoms with Crippen molar-refractivity contribution >= 4 is 17.8 Å². The van der Waals surface area contributed by atoms with Gasteiger partial charge in [-0.15, -0.1) is 0 Å². The van der Waals surface area contributed by atoms with Crippen LogP contribution in [0.3, 0.4) is 0 Å². The van der Waals surface area contributed by atoms with Crippen molar-refractivity contribution in [2.75, 3.05) is 32.8 Å². The zero-order valence-corrected chi connectivity index (χ0v) is 15.2. The lowest BCUT2D eigenvalue weighted by Crippen LogP contribution is -2.49. The number of carbonyl (C=O) groups is 3. The van der Waals surface area contributed by atoms with Crippen molar-refractivity contribution in [3.8, 4) is 5.75 Å². The van der Waals surface area contributed by atoms with E-state index in [1.165, 1.54) is 0 Å². The number of aliphatic carboxylic acids is 2. The summed E-state index contributed by atoms with van der Waals surface area (Å²) in [4.78, 5) is 34.5. The van der Waals surface area contributed by atoms with Gasteiger partial charge in [0.05, 0.1) is 12.8 Å². The number of para-hydroxylation sites is 1. The van der Waals surface area contributed by atoms with Crippen LogP contribution in [0.15, 0.2) is 53.1 Å². The predicted octanol–water partition coefficient (Wildman–Crippen LogP) is 1.16. The minimum absolute atomic E-state index is 0.0431. The highest BCUT2D eigenvalue weighted by molar-refractivity contribution is 6.27. The van der Waals surface area contributed by atoms with E-state index in [-0.39, 0.29) is 12.5 Å². The van der Waals surface area contributed by atoms with Gasteiger partial charge < -0.3 is 24.3 Å². The molecule has 28 heavy (non-hydrogen) atoms. The molecule has 2 heterocycles. The van der Waals surface area contributed by atoms with E-state index in [2.05, 4.69) is 4.90 Å². The van der Waals surface area contributed by atoms with E-state index >= 15 is 0 Å². The number of carboxylic acid groups (broad SMARTS) is 2. The predicted molar refractivity (Wildman–Crippen MR) is 97.8 cm³/mol. The quantitative estimate of drug-likeness (QED) is 0.730. The van der Waals surface area contributed by atoms with Crippen molar-refractivity contribution in [3.05, 3.63) is 54.5 Å². The molecule has 2 N–H and O–H groups in total. The van der Waals surface area contributed by atoms with Crippen LogP contribution in [0.25, 0.3) is 0 Å². The van der Waals surface area contributed by atoms with Gasteiger partial charge in [0.1, 0.15) is 11.5 Å². The summed E-state index contributed by atoms with van der Waals surface area (Å²) in [6, 6.07) is 13.3. The summed E-state index contributed by atoms with van der Waals surface area (Å²) in [5.74, 6) is -1.91. The standard InChI is InChI=1S/C17H20N2O3.C2H2O4/c20-17(14-22-15-5-2-1-3-6-15)19-10-8-18(9-11-19)13-16-7-4-12-21-16;3-1(4)2(5)6/h1-7,12H,8-11,13-14H2;(H,3,4)(H,5,6). The Morgan fingerprint density at radius 3 is 2.11 bits per heavy atom. The molecule has 0 spiro atoms. The fourth-order valence-electron chi connectivity index (χ4n) is 2.53. The van der Waals surface area contributed by atoms with Crippen molar-refractivity contribution < 1.29 is 33.8 Å². The number of benzene rings is 1. The summed E-state index contributed by atoms with van der Waals surface area (Å²) in [6.45, 7) is 4.09. The van der Waals surface area contributed by atoms with Crippen LogP contribution in [-0.2, 0) is 20.9 Å². The number of piperazine rings is 1. The summed E-state index contributed by atoms with van der Waals surface area (Å²) >= 11 is 0. The Balaban J connectivity index is 0.000000409. The molecule has 1 amide bonds. The second-order valence-corrected chi connectivity index (χ2v) is 5.95. The lowest BCUT2D eigenvalue weighted by Gasteiger charge is -2.34. The average molecular weight is 390 g/mol. The molecular weight excluding hydrogens is 368 g/mol. The number of rotatable bonds is 5. The topological polar surface area (TPSA) is 121 Å². The Labute approximate surface area is 161 Å². The first-order valence-corrected chi connectivity index (χ1v) is 8.62. The number of hydrogen-bond acceptors (Lipinski definition) is 6. The molecule has 0 aliphatic carbocycles. The average Bonchev–Trinajstić information content (AvgIpc) is 3.21. The molecule has 150 valence electrons. The molecule has 0 atom stereocenters. The number of furan rings is 1. The number of nitrogens with zero attached hydrogens (tertiary/aromatic N) is 2. The molecule has 2 aromatic rings. The van der Waals surface area contributed by atoms with Gasteiger partial charge in [-0.05, 0) is 24.3 Å². The Morgan fingerprint density at radius 1 is 0.929 bits per heavy atom. The van der Waals surface area contributed by atoms with E-state index < -0.39 is 11.9 Å². The van der Waals surface area contributed by atoms with Crippen molar-refractivity contribution in [2.45, 2.75) is 6.54 Å². The SMILES string of the molecule is O=C(COc1ccccc1)N1CCN(Cc2ccco2)CC1.O=C(O)C(=O)O. The first-order valence-electron chi connectivity index (χ1n) is 8.62. The maximum Gasteiger partial charge on any atom is 0.414 e. The van der Waals surface area contributed by atoms with Crippen LogP contribution in [0.5, 0.6) is 5.75 Å². The van der Waals surface area contributed by atoms with Crippen LogP contribution in [0.4, 0.5) is 0 Å². The van der Waals surface area contributed by atoms with E-state index in [0.717, 1.165) is 44.2 Å². The smallest absolute Gasteiger partial charge is 0.414 e. The summed E-state index contributed by atoms with van der Waals surface area (Å²) < 4.78 is 10.9. The number of carbonyl (C=O) groups excluding carboxylic acids is 1. The maximum absolute atomic E-state index is 12.2. The first kappa shape index (κ1) is 21.0. The zero-order valence-electron chi connectivity index (χ0n) is 15.2. The van der Waals surface area contributed by atoms with Crippen molar-refractivity contribution in [1.82, 2.24) is 9.80 Å². The summed E-state index contributed by atoms with van der Waals surface area (Å²) in [5, 5.41) is 14.8. The number of carboxylic acids is 2. The molecule has 9 heteroatoms. The Hall–Kier alpha value is -3.33. The number of ether oxygens (including phenoxy) is 1. The fourth-order valence-corrected chi connectivity index (χ4v) is 2.53. The van der Waals surface area contributed by atoms with Gasteiger partial charge in [0.25, 0.3) is 5.91 Å². The minimum Gasteiger partial charge on any atom is -0.484 e. The summed E-state index contributed by atoms with van der Waals surface area (Å²) in [7, 11) is 0. The molecule has 9 nitrogen and oxygen atoms in total. The van der Waals surface area contributed by atoms with Gasteiger partial charge in [0, 0.05) is 26.2 Å². The van der Waals surface area contributed by atoms with Gasteiger partial charge in [-0.1, -0.05) is 18.2 Å². The van der Waals surface area contributed by atoms with E-state index in [4.69, 9.17) is 29.0 Å². The molecule has 0 bridgehead atoms. The molecule has 1 saturated heterocycles. The van der Waals surface area contributed by atoms with Crippen molar-refractivity contribution in [3.63, 3.8) is 0 Å². The third-order valence-electron chi connectivity index (χ3n) is 3.97. The number of amides is 1. The Morgan fingerprint density at radius 2 is 1.57 bits per heavy atom. The first-order chi connectivity index (χ1) is 13.5. The highest BCUT2D eigenvalue weighted by atomic mass is 16.5. The highest BCUT2D eigenvalue weighted by Gasteiger charge is 2.21. The molecule has 3 rings (SSSR count). The molecule has 1 aliphatic rings. The number of hydrogen-bond donors (Lipinski definition) is 2. The van der Waals surface area contributed by atoms with Gasteiger partial charge in [0.15, 0.2) is 6.61 Å². The van der Waals surface area contributed by atoms with E-state index in [9.17, 15) is 4.79 Å². The molecule has 1 aromatic carbocycles. The minimum atomic E-state index is -1.82. The van der Waals surface area contributed by atoms with Crippen LogP contribution in [0.2, 0.25) is 0 Å². The molecule has 1 aliphatic heterocycles.